The molecule has 0 saturated heterocycles. The van der Waals surface area contributed by atoms with Gasteiger partial charge in [-0.15, -0.1) is 0 Å². The molecule has 0 radical (unpaired) electrons. The Morgan fingerprint density at radius 3 is 1.77 bits per heavy atom. The maximum Gasteiger partial charge on any atom is 0.329 e. The van der Waals surface area contributed by atoms with Gasteiger partial charge in [0.15, 0.2) is 0 Å². The van der Waals surface area contributed by atoms with E-state index in [1.807, 2.05) is 0 Å². The Morgan fingerprint density at radius 1 is 1.31 bits per heavy atom. The van der Waals surface area contributed by atoms with E-state index in [-0.39, 0.29) is 6.42 Å². The van der Waals surface area contributed by atoms with Gasteiger partial charge in [-0.25, -0.2) is 4.79 Å². The van der Waals surface area contributed by atoms with Crippen molar-refractivity contribution in [2.45, 2.75) is 20.3 Å². The van der Waals surface area contributed by atoms with Crippen molar-refractivity contribution in [1.82, 2.24) is 0 Å². The lowest BCUT2D eigenvalue weighted by Crippen LogP contribution is -2.06. The summed E-state index contributed by atoms with van der Waals surface area (Å²) in [5.41, 5.74) is 0. The maximum absolute atomic E-state index is 10.2. The molecule has 0 fully saturated rings. The zero-order chi connectivity index (χ0) is 10.9. The van der Waals surface area contributed by atoms with Gasteiger partial charge in [0.2, 0.25) is 0 Å². The molecule has 0 amide bonds. The third-order valence-electron chi connectivity index (χ3n) is 0.681. The number of aliphatic carboxylic acids is 1. The van der Waals surface area contributed by atoms with Crippen molar-refractivity contribution in [3.05, 3.63) is 0 Å². The van der Waals surface area contributed by atoms with Gasteiger partial charge >= 0.3 is 17.9 Å². The highest BCUT2D eigenvalue weighted by Gasteiger charge is 1.99. The number of carbonyl (C=O) groups excluding carboxylic acids is 2. The first-order valence-electron chi connectivity index (χ1n) is 3.47. The Morgan fingerprint density at radius 2 is 1.69 bits per heavy atom. The highest BCUT2D eigenvalue weighted by atomic mass is 16.6. The SMILES string of the molecule is CCC(=O)OC(C)=O.O=C(O)CO. The number of carbonyl (C=O) groups is 3. The number of aliphatic hydroxyl groups is 1. The van der Waals surface area contributed by atoms with E-state index in [1.54, 1.807) is 6.92 Å². The first kappa shape index (κ1) is 14.1. The number of ether oxygens (including phenoxy) is 1. The van der Waals surface area contributed by atoms with Crippen molar-refractivity contribution in [1.29, 1.82) is 0 Å². The lowest BCUT2D eigenvalue weighted by atomic mass is 10.5. The van der Waals surface area contributed by atoms with Gasteiger partial charge in [-0.3, -0.25) is 9.59 Å². The van der Waals surface area contributed by atoms with Gasteiger partial charge in [-0.1, -0.05) is 6.92 Å². The molecule has 0 bridgehead atoms. The fraction of sp³-hybridized carbons (Fsp3) is 0.571. The van der Waals surface area contributed by atoms with Crippen LogP contribution >= 0.6 is 0 Å². The number of carboxylic acid groups (broad SMARTS) is 1. The largest absolute Gasteiger partial charge is 0.480 e. The topological polar surface area (TPSA) is 101 Å². The zero-order valence-corrected chi connectivity index (χ0v) is 7.44. The summed E-state index contributed by atoms with van der Waals surface area (Å²) in [6.07, 6.45) is 0.250. The van der Waals surface area contributed by atoms with E-state index in [1.165, 1.54) is 6.92 Å². The van der Waals surface area contributed by atoms with E-state index in [2.05, 4.69) is 4.74 Å². The summed E-state index contributed by atoms with van der Waals surface area (Å²) in [6.45, 7) is 2.05. The van der Waals surface area contributed by atoms with Gasteiger partial charge in [0, 0.05) is 13.3 Å². The third kappa shape index (κ3) is 18.0. The molecule has 0 aromatic rings. The van der Waals surface area contributed by atoms with Crippen molar-refractivity contribution in [2.75, 3.05) is 6.61 Å². The van der Waals surface area contributed by atoms with Crippen molar-refractivity contribution < 1.29 is 29.3 Å². The number of esters is 2. The first-order chi connectivity index (χ1) is 5.93. The Balaban J connectivity index is 0. The predicted molar refractivity (Wildman–Crippen MR) is 41.8 cm³/mol. The van der Waals surface area contributed by atoms with Crippen LogP contribution in [0, 0.1) is 0 Å². The average Bonchev–Trinajstić information content (AvgIpc) is 2.04. The Hall–Kier alpha value is -1.43. The second-order valence-corrected chi connectivity index (χ2v) is 1.87. The summed E-state index contributed by atoms with van der Waals surface area (Å²) in [6, 6.07) is 0. The van der Waals surface area contributed by atoms with E-state index in [0.29, 0.717) is 0 Å². The molecule has 0 saturated carbocycles. The van der Waals surface area contributed by atoms with E-state index < -0.39 is 24.5 Å². The third-order valence-corrected chi connectivity index (χ3v) is 0.681. The van der Waals surface area contributed by atoms with Crippen LogP contribution in [0.4, 0.5) is 0 Å². The molecule has 0 heterocycles. The van der Waals surface area contributed by atoms with Crippen molar-refractivity contribution in [3.8, 4) is 0 Å². The average molecular weight is 192 g/mol. The van der Waals surface area contributed by atoms with Crippen LogP contribution in [0.2, 0.25) is 0 Å². The molecule has 0 atom stereocenters. The van der Waals surface area contributed by atoms with Crippen LogP contribution in [0.15, 0.2) is 0 Å². The van der Waals surface area contributed by atoms with Crippen LogP contribution in [0.5, 0.6) is 0 Å². The monoisotopic (exact) mass is 192 g/mol. The van der Waals surface area contributed by atoms with Crippen molar-refractivity contribution in [2.24, 2.45) is 0 Å². The van der Waals surface area contributed by atoms with E-state index in [9.17, 15) is 9.59 Å². The summed E-state index contributed by atoms with van der Waals surface area (Å²) < 4.78 is 4.12. The summed E-state index contributed by atoms with van der Waals surface area (Å²) in [5.74, 6) is -2.21. The number of hydrogen-bond acceptors (Lipinski definition) is 5. The molecule has 2 N–H and O–H groups in total. The second-order valence-electron chi connectivity index (χ2n) is 1.87. The summed E-state index contributed by atoms with van der Waals surface area (Å²) in [7, 11) is 0. The summed E-state index contributed by atoms with van der Waals surface area (Å²) in [5, 5.41) is 15.0. The molecule has 6 nitrogen and oxygen atoms in total. The molecule has 0 aromatic heterocycles. The first-order valence-corrected chi connectivity index (χ1v) is 3.47. The molecule has 0 rings (SSSR count). The standard InChI is InChI=1S/C5H8O3.C2H4O3/c1-3-5(7)8-4(2)6;3-1-2(4)5/h3H2,1-2H3;3H,1H2,(H,4,5). The van der Waals surface area contributed by atoms with Crippen LogP contribution in [0.1, 0.15) is 20.3 Å². The molecule has 13 heavy (non-hydrogen) atoms. The Labute approximate surface area is 75.1 Å². The molecule has 0 unspecified atom stereocenters. The van der Waals surface area contributed by atoms with Crippen molar-refractivity contribution >= 4 is 17.9 Å². The van der Waals surface area contributed by atoms with Gasteiger partial charge < -0.3 is 14.9 Å². The van der Waals surface area contributed by atoms with Crippen LogP contribution in [0.3, 0.4) is 0 Å². The van der Waals surface area contributed by atoms with Gasteiger partial charge in [0.1, 0.15) is 6.61 Å². The fourth-order valence-electron chi connectivity index (χ4n) is 0.232. The summed E-state index contributed by atoms with van der Waals surface area (Å²) in [4.78, 5) is 29.3. The maximum atomic E-state index is 10.2. The molecular formula is C7H12O6. The molecule has 6 heteroatoms. The van der Waals surface area contributed by atoms with E-state index in [0.717, 1.165) is 0 Å². The number of rotatable bonds is 2. The minimum Gasteiger partial charge on any atom is -0.480 e. The minimum atomic E-state index is -1.19. The van der Waals surface area contributed by atoms with Crippen LogP contribution in [-0.2, 0) is 19.1 Å². The Bertz CT molecular complexity index is 185. The lowest BCUT2D eigenvalue weighted by Gasteiger charge is -1.92. The smallest absolute Gasteiger partial charge is 0.329 e. The van der Waals surface area contributed by atoms with Gasteiger partial charge in [-0.05, 0) is 0 Å². The lowest BCUT2D eigenvalue weighted by molar-refractivity contribution is -0.157. The highest BCUT2D eigenvalue weighted by molar-refractivity contribution is 5.83. The van der Waals surface area contributed by atoms with Crippen molar-refractivity contribution in [3.63, 3.8) is 0 Å². The van der Waals surface area contributed by atoms with E-state index in [4.69, 9.17) is 15.0 Å². The molecule has 0 aliphatic rings. The quantitative estimate of drug-likeness (QED) is 0.454. The highest BCUT2D eigenvalue weighted by Crippen LogP contribution is 1.82. The van der Waals surface area contributed by atoms with Crippen LogP contribution in [-0.4, -0.2) is 34.7 Å². The zero-order valence-electron chi connectivity index (χ0n) is 7.44. The van der Waals surface area contributed by atoms with Crippen LogP contribution in [0.25, 0.3) is 0 Å². The van der Waals surface area contributed by atoms with Gasteiger partial charge in [-0.2, -0.15) is 0 Å². The number of carboxylic acids is 1. The Kier molecular flexibility index (Phi) is 9.41. The summed E-state index contributed by atoms with van der Waals surface area (Å²) >= 11 is 0. The predicted octanol–water partition coefficient (Wildman–Crippen LogP) is -0.451. The number of aliphatic hydroxyl groups excluding tert-OH is 1. The molecule has 0 spiro atoms. The normalized spacial score (nSPS) is 7.92. The molecule has 76 valence electrons. The van der Waals surface area contributed by atoms with Crippen LogP contribution < -0.4 is 0 Å². The minimum absolute atomic E-state index is 0.250. The van der Waals surface area contributed by atoms with Gasteiger partial charge in [0.05, 0.1) is 0 Å². The van der Waals surface area contributed by atoms with Gasteiger partial charge in [0.25, 0.3) is 0 Å². The molecule has 0 aliphatic carbocycles. The molecular weight excluding hydrogens is 180 g/mol. The molecule has 0 aromatic carbocycles. The van der Waals surface area contributed by atoms with E-state index >= 15 is 0 Å². The fourth-order valence-corrected chi connectivity index (χ4v) is 0.232. The second kappa shape index (κ2) is 8.66. The molecule has 0 aliphatic heterocycles. The number of hydrogen-bond donors (Lipinski definition) is 2.